The molecule has 1 rings (SSSR count). The Kier molecular flexibility index (Phi) is 4.20. The Bertz CT molecular complexity index is 139. The second-order valence-electron chi connectivity index (χ2n) is 4.71. The molecule has 0 aromatic carbocycles. The van der Waals surface area contributed by atoms with Crippen molar-refractivity contribution in [3.8, 4) is 0 Å². The van der Waals surface area contributed by atoms with E-state index in [1.54, 1.807) is 0 Å². The molecule has 0 spiro atoms. The van der Waals surface area contributed by atoms with E-state index in [1.165, 1.54) is 25.9 Å². The highest BCUT2D eigenvalue weighted by Gasteiger charge is 2.24. The fourth-order valence-electron chi connectivity index (χ4n) is 2.11. The maximum Gasteiger partial charge on any atom is 0.0589 e. The molecular formula is C11H23NO. The summed E-state index contributed by atoms with van der Waals surface area (Å²) in [5.41, 5.74) is 0. The van der Waals surface area contributed by atoms with Crippen molar-refractivity contribution in [2.45, 2.75) is 39.7 Å². The number of piperidine rings is 1. The first-order valence-corrected chi connectivity index (χ1v) is 5.50. The summed E-state index contributed by atoms with van der Waals surface area (Å²) in [5.74, 6) is 1.45. The van der Waals surface area contributed by atoms with Crippen LogP contribution in [-0.2, 0) is 0 Å². The van der Waals surface area contributed by atoms with E-state index in [9.17, 15) is 5.11 Å². The van der Waals surface area contributed by atoms with Gasteiger partial charge in [-0.3, -0.25) is 4.90 Å². The van der Waals surface area contributed by atoms with E-state index in [1.807, 2.05) is 0 Å². The van der Waals surface area contributed by atoms with Gasteiger partial charge in [0.2, 0.25) is 0 Å². The molecule has 1 aliphatic heterocycles. The molecule has 1 unspecified atom stereocenters. The zero-order valence-corrected chi connectivity index (χ0v) is 9.16. The summed E-state index contributed by atoms with van der Waals surface area (Å²) < 4.78 is 0. The summed E-state index contributed by atoms with van der Waals surface area (Å²) in [6, 6.07) is 0.382. The number of hydrogen-bond donors (Lipinski definition) is 1. The molecule has 2 heteroatoms. The van der Waals surface area contributed by atoms with Gasteiger partial charge < -0.3 is 5.11 Å². The molecule has 1 N–H and O–H groups in total. The quantitative estimate of drug-likeness (QED) is 0.724. The molecular weight excluding hydrogens is 162 g/mol. The highest BCUT2D eigenvalue weighted by molar-refractivity contribution is 4.78. The number of rotatable bonds is 3. The van der Waals surface area contributed by atoms with Gasteiger partial charge in [0.05, 0.1) is 6.61 Å². The largest absolute Gasteiger partial charge is 0.395 e. The Morgan fingerprint density at radius 1 is 1.31 bits per heavy atom. The molecule has 0 aliphatic carbocycles. The molecule has 0 aromatic rings. The van der Waals surface area contributed by atoms with Gasteiger partial charge in [0.1, 0.15) is 0 Å². The first kappa shape index (κ1) is 11.0. The van der Waals surface area contributed by atoms with E-state index in [0.717, 1.165) is 5.92 Å². The minimum absolute atomic E-state index is 0.312. The molecule has 0 saturated carbocycles. The molecule has 1 atom stereocenters. The second kappa shape index (κ2) is 4.97. The van der Waals surface area contributed by atoms with Crippen molar-refractivity contribution in [3.63, 3.8) is 0 Å². The molecule has 1 aliphatic rings. The molecule has 0 radical (unpaired) electrons. The highest BCUT2D eigenvalue weighted by Crippen LogP contribution is 2.20. The average Bonchev–Trinajstić information content (AvgIpc) is 2.09. The van der Waals surface area contributed by atoms with Crippen molar-refractivity contribution in [2.24, 2.45) is 11.8 Å². The lowest BCUT2D eigenvalue weighted by Crippen LogP contribution is -2.45. The monoisotopic (exact) mass is 185 g/mol. The zero-order chi connectivity index (χ0) is 9.84. The minimum Gasteiger partial charge on any atom is -0.395 e. The van der Waals surface area contributed by atoms with Gasteiger partial charge in [0.15, 0.2) is 0 Å². The molecule has 1 fully saturated rings. The summed E-state index contributed by atoms with van der Waals surface area (Å²) in [6.07, 6.45) is 2.59. The fraction of sp³-hybridized carbons (Fsp3) is 1.00. The van der Waals surface area contributed by atoms with Crippen molar-refractivity contribution >= 4 is 0 Å². The van der Waals surface area contributed by atoms with Gasteiger partial charge in [-0.2, -0.15) is 0 Å². The van der Waals surface area contributed by atoms with Crippen molar-refractivity contribution in [1.29, 1.82) is 0 Å². The summed E-state index contributed by atoms with van der Waals surface area (Å²) in [6.45, 7) is 9.36. The number of nitrogens with zero attached hydrogens (tertiary/aromatic N) is 1. The average molecular weight is 185 g/mol. The van der Waals surface area contributed by atoms with E-state index >= 15 is 0 Å². The topological polar surface area (TPSA) is 23.5 Å². The van der Waals surface area contributed by atoms with E-state index in [0.29, 0.717) is 18.6 Å². The van der Waals surface area contributed by atoms with Crippen LogP contribution >= 0.6 is 0 Å². The third kappa shape index (κ3) is 2.96. The summed E-state index contributed by atoms with van der Waals surface area (Å²) in [5, 5.41) is 9.27. The van der Waals surface area contributed by atoms with Gasteiger partial charge in [-0.1, -0.05) is 20.8 Å². The molecule has 2 nitrogen and oxygen atoms in total. The van der Waals surface area contributed by atoms with Crippen molar-refractivity contribution in [2.75, 3.05) is 19.7 Å². The van der Waals surface area contributed by atoms with Gasteiger partial charge in [0.25, 0.3) is 0 Å². The van der Waals surface area contributed by atoms with Crippen LogP contribution in [0.1, 0.15) is 33.6 Å². The van der Waals surface area contributed by atoms with Gasteiger partial charge in [-0.15, -0.1) is 0 Å². The van der Waals surface area contributed by atoms with Crippen LogP contribution in [0.25, 0.3) is 0 Å². The lowest BCUT2D eigenvalue weighted by Gasteiger charge is -2.37. The predicted octanol–water partition coefficient (Wildman–Crippen LogP) is 1.74. The van der Waals surface area contributed by atoms with Gasteiger partial charge in [-0.05, 0) is 37.8 Å². The van der Waals surface area contributed by atoms with Gasteiger partial charge in [0, 0.05) is 6.04 Å². The Morgan fingerprint density at radius 2 is 1.85 bits per heavy atom. The fourth-order valence-corrected chi connectivity index (χ4v) is 2.11. The molecule has 1 saturated heterocycles. The van der Waals surface area contributed by atoms with Crippen LogP contribution < -0.4 is 0 Å². The minimum atomic E-state index is 0.312. The first-order valence-electron chi connectivity index (χ1n) is 5.50. The second-order valence-corrected chi connectivity index (χ2v) is 4.71. The van der Waals surface area contributed by atoms with E-state index < -0.39 is 0 Å². The SMILES string of the molecule is CC1CCN(C(CO)C(C)C)CC1. The lowest BCUT2D eigenvalue weighted by molar-refractivity contribution is 0.0634. The van der Waals surface area contributed by atoms with Crippen LogP contribution in [0.4, 0.5) is 0 Å². The summed E-state index contributed by atoms with van der Waals surface area (Å²) in [7, 11) is 0. The lowest BCUT2D eigenvalue weighted by atomic mass is 9.95. The Labute approximate surface area is 81.9 Å². The Balaban J connectivity index is 2.41. The number of aliphatic hydroxyl groups excluding tert-OH is 1. The standard InChI is InChI=1S/C11H23NO/c1-9(2)11(8-13)12-6-4-10(3)5-7-12/h9-11,13H,4-8H2,1-3H3. The maximum atomic E-state index is 9.27. The van der Waals surface area contributed by atoms with Crippen molar-refractivity contribution in [1.82, 2.24) is 4.90 Å². The number of hydrogen-bond acceptors (Lipinski definition) is 2. The number of aliphatic hydroxyl groups is 1. The summed E-state index contributed by atoms with van der Waals surface area (Å²) >= 11 is 0. The molecule has 13 heavy (non-hydrogen) atoms. The molecule has 0 amide bonds. The maximum absolute atomic E-state index is 9.27. The highest BCUT2D eigenvalue weighted by atomic mass is 16.3. The van der Waals surface area contributed by atoms with Gasteiger partial charge in [-0.25, -0.2) is 0 Å². The Morgan fingerprint density at radius 3 is 2.23 bits per heavy atom. The van der Waals surface area contributed by atoms with E-state index in [4.69, 9.17) is 0 Å². The van der Waals surface area contributed by atoms with Gasteiger partial charge >= 0.3 is 0 Å². The normalized spacial score (nSPS) is 23.8. The molecule has 1 heterocycles. The van der Waals surface area contributed by atoms with Crippen LogP contribution in [0.3, 0.4) is 0 Å². The van der Waals surface area contributed by atoms with Crippen LogP contribution in [0, 0.1) is 11.8 Å². The Hall–Kier alpha value is -0.0800. The smallest absolute Gasteiger partial charge is 0.0589 e. The zero-order valence-electron chi connectivity index (χ0n) is 9.16. The molecule has 0 aromatic heterocycles. The van der Waals surface area contributed by atoms with E-state index in [-0.39, 0.29) is 0 Å². The third-order valence-corrected chi connectivity index (χ3v) is 3.24. The number of likely N-dealkylation sites (tertiary alicyclic amines) is 1. The van der Waals surface area contributed by atoms with Crippen LogP contribution in [0.5, 0.6) is 0 Å². The summed E-state index contributed by atoms with van der Waals surface area (Å²) in [4.78, 5) is 2.45. The van der Waals surface area contributed by atoms with E-state index in [2.05, 4.69) is 25.7 Å². The van der Waals surface area contributed by atoms with Crippen LogP contribution in [-0.4, -0.2) is 35.7 Å². The predicted molar refractivity (Wildman–Crippen MR) is 55.7 cm³/mol. The van der Waals surface area contributed by atoms with Crippen molar-refractivity contribution in [3.05, 3.63) is 0 Å². The first-order chi connectivity index (χ1) is 6.15. The molecule has 0 bridgehead atoms. The third-order valence-electron chi connectivity index (χ3n) is 3.24. The molecule has 78 valence electrons. The van der Waals surface area contributed by atoms with Crippen molar-refractivity contribution < 1.29 is 5.11 Å². The van der Waals surface area contributed by atoms with Crippen LogP contribution in [0.15, 0.2) is 0 Å². The van der Waals surface area contributed by atoms with Crippen LogP contribution in [0.2, 0.25) is 0 Å².